The second kappa shape index (κ2) is 10.7. The van der Waals surface area contributed by atoms with Crippen molar-refractivity contribution in [1.82, 2.24) is 4.90 Å². The van der Waals surface area contributed by atoms with Crippen LogP contribution in [0.1, 0.15) is 47.8 Å². The van der Waals surface area contributed by atoms with Crippen LogP contribution < -0.4 is 14.6 Å². The van der Waals surface area contributed by atoms with Gasteiger partial charge in [-0.05, 0) is 42.7 Å². The maximum atomic E-state index is 13.6. The van der Waals surface area contributed by atoms with Crippen LogP contribution in [0.2, 0.25) is 0 Å². The Morgan fingerprint density at radius 2 is 1.97 bits per heavy atom. The van der Waals surface area contributed by atoms with Crippen LogP contribution in [0.5, 0.6) is 5.75 Å². The average molecular weight is 454 g/mol. The van der Waals surface area contributed by atoms with Crippen LogP contribution in [0.3, 0.4) is 0 Å². The summed E-state index contributed by atoms with van der Waals surface area (Å²) in [5.41, 5.74) is 1.99. The third-order valence-electron chi connectivity index (χ3n) is 5.87. The van der Waals surface area contributed by atoms with E-state index in [1.165, 1.54) is 4.90 Å². The number of pyridine rings is 1. The molecule has 2 aromatic rings. The predicted octanol–water partition coefficient (Wildman–Crippen LogP) is 1.33. The summed E-state index contributed by atoms with van der Waals surface area (Å²) in [7, 11) is 4.09. The number of rotatable bonds is 10. The van der Waals surface area contributed by atoms with E-state index in [9.17, 15) is 14.4 Å². The number of hydrogen-bond acceptors (Lipinski definition) is 4. The Morgan fingerprint density at radius 1 is 1.21 bits per heavy atom. The number of Topliss-reactive ketones (excluding diaryl/α,β-unsaturated/α-hetero) is 2. The van der Waals surface area contributed by atoms with Gasteiger partial charge in [0, 0.05) is 30.2 Å². The van der Waals surface area contributed by atoms with Gasteiger partial charge in [0.2, 0.25) is 5.78 Å². The number of hydrogen-bond donors (Lipinski definition) is 1. The number of aromatic amines is 1. The van der Waals surface area contributed by atoms with Gasteiger partial charge >= 0.3 is 0 Å². The Morgan fingerprint density at radius 3 is 2.58 bits per heavy atom. The second-order valence-corrected chi connectivity index (χ2v) is 9.48. The first-order valence-corrected chi connectivity index (χ1v) is 11.6. The summed E-state index contributed by atoms with van der Waals surface area (Å²) in [4.78, 5) is 45.5. The molecule has 33 heavy (non-hydrogen) atoms. The maximum absolute atomic E-state index is 13.6. The van der Waals surface area contributed by atoms with Crippen LogP contribution in [-0.2, 0) is 9.59 Å². The maximum Gasteiger partial charge on any atom is 0.291 e. The molecular weight excluding hydrogens is 418 g/mol. The standard InChI is InChI=1S/C26H33N3O4/c1-17(2)16-33-21-10-9-19(14-18(21)3)24(30)22-23(20-8-6-11-27-15-20)29(26(32)25(22)31)13-7-12-28(4)5/h6,8-11,14-15,17,22-23H,7,12-13,16H2,1-5H3/p+2. The first kappa shape index (κ1) is 24.6. The SMILES string of the molecule is Cc1cc(C(=O)C2C(=O)C(=O)N(CCC[NH+](C)C)C2c2ccc[nH+]c2)ccc1OCC(C)C. The summed E-state index contributed by atoms with van der Waals surface area (Å²) >= 11 is 0. The summed E-state index contributed by atoms with van der Waals surface area (Å²) in [6.45, 7) is 7.90. The van der Waals surface area contributed by atoms with E-state index in [4.69, 9.17) is 4.74 Å². The number of carbonyl (C=O) groups is 3. The quantitative estimate of drug-likeness (QED) is 0.334. The molecule has 7 heteroatoms. The predicted molar refractivity (Wildman–Crippen MR) is 124 cm³/mol. The van der Waals surface area contributed by atoms with E-state index in [0.717, 1.165) is 29.8 Å². The van der Waals surface area contributed by atoms with Crippen LogP contribution in [0.4, 0.5) is 0 Å². The van der Waals surface area contributed by atoms with Gasteiger partial charge in [0.25, 0.3) is 5.91 Å². The van der Waals surface area contributed by atoms with E-state index in [-0.39, 0.29) is 5.78 Å². The van der Waals surface area contributed by atoms with Crippen LogP contribution in [0.25, 0.3) is 0 Å². The van der Waals surface area contributed by atoms with Crippen molar-refractivity contribution in [1.29, 1.82) is 0 Å². The molecule has 176 valence electrons. The number of aromatic nitrogens is 1. The number of ketones is 2. The Balaban J connectivity index is 1.92. The van der Waals surface area contributed by atoms with Crippen molar-refractivity contribution < 1.29 is 29.0 Å². The van der Waals surface area contributed by atoms with Crippen molar-refractivity contribution in [2.75, 3.05) is 33.8 Å². The second-order valence-electron chi connectivity index (χ2n) is 9.48. The molecule has 2 atom stereocenters. The van der Waals surface area contributed by atoms with Crippen LogP contribution in [0.15, 0.2) is 42.7 Å². The normalized spacial score (nSPS) is 18.5. The number of ether oxygens (including phenoxy) is 1. The lowest BCUT2D eigenvalue weighted by molar-refractivity contribution is -0.858. The topological polar surface area (TPSA) is 82.3 Å². The zero-order chi connectivity index (χ0) is 24.1. The summed E-state index contributed by atoms with van der Waals surface area (Å²) in [5.74, 6) is -1.51. The van der Waals surface area contributed by atoms with E-state index in [1.54, 1.807) is 35.5 Å². The van der Waals surface area contributed by atoms with Crippen molar-refractivity contribution in [3.05, 3.63) is 59.4 Å². The minimum absolute atomic E-state index is 0.332. The highest BCUT2D eigenvalue weighted by molar-refractivity contribution is 6.44. The fourth-order valence-electron chi connectivity index (χ4n) is 4.19. The molecule has 2 unspecified atom stereocenters. The lowest BCUT2D eigenvalue weighted by atomic mass is 9.86. The number of likely N-dealkylation sites (tertiary alicyclic amines) is 1. The molecular formula is C26H35N3O4+2. The number of amides is 1. The number of benzene rings is 1. The molecule has 0 saturated carbocycles. The Bertz CT molecular complexity index is 1000. The minimum Gasteiger partial charge on any atom is -0.493 e. The van der Waals surface area contributed by atoms with Crippen LogP contribution >= 0.6 is 0 Å². The molecule has 2 N–H and O–H groups in total. The van der Waals surface area contributed by atoms with Crippen molar-refractivity contribution in [3.63, 3.8) is 0 Å². The van der Waals surface area contributed by atoms with Gasteiger partial charge in [-0.1, -0.05) is 13.8 Å². The largest absolute Gasteiger partial charge is 0.493 e. The van der Waals surface area contributed by atoms with Gasteiger partial charge in [-0.15, -0.1) is 0 Å². The highest BCUT2D eigenvalue weighted by Gasteiger charge is 2.52. The van der Waals surface area contributed by atoms with Gasteiger partial charge in [-0.2, -0.15) is 0 Å². The molecule has 0 aliphatic carbocycles. The molecule has 1 saturated heterocycles. The summed E-state index contributed by atoms with van der Waals surface area (Å²) < 4.78 is 5.82. The molecule has 0 radical (unpaired) electrons. The van der Waals surface area contributed by atoms with Crippen LogP contribution in [0, 0.1) is 18.8 Å². The zero-order valence-corrected chi connectivity index (χ0v) is 20.2. The van der Waals surface area contributed by atoms with E-state index < -0.39 is 23.7 Å². The molecule has 1 aromatic heterocycles. The molecule has 1 aromatic carbocycles. The number of nitrogens with one attached hydrogen (secondary N) is 2. The third kappa shape index (κ3) is 5.66. The van der Waals surface area contributed by atoms with E-state index >= 15 is 0 Å². The van der Waals surface area contributed by atoms with Crippen LogP contribution in [-0.4, -0.2) is 56.2 Å². The smallest absolute Gasteiger partial charge is 0.291 e. The molecule has 3 rings (SSSR count). The molecule has 0 spiro atoms. The average Bonchev–Trinajstić information content (AvgIpc) is 3.03. The van der Waals surface area contributed by atoms with Gasteiger partial charge in [-0.3, -0.25) is 14.4 Å². The van der Waals surface area contributed by atoms with E-state index in [0.29, 0.717) is 24.6 Å². The Labute approximate surface area is 195 Å². The summed E-state index contributed by atoms with van der Waals surface area (Å²) in [5, 5.41) is 0. The van der Waals surface area contributed by atoms with Crippen molar-refractivity contribution >= 4 is 17.5 Å². The number of quaternary nitrogens is 1. The lowest BCUT2D eigenvalue weighted by Crippen LogP contribution is -3.05. The van der Waals surface area contributed by atoms with E-state index in [2.05, 4.69) is 18.8 Å². The lowest BCUT2D eigenvalue weighted by Gasteiger charge is -2.26. The molecule has 7 nitrogen and oxygen atoms in total. The van der Waals surface area contributed by atoms with Crippen molar-refractivity contribution in [3.8, 4) is 5.75 Å². The first-order chi connectivity index (χ1) is 15.7. The Hall–Kier alpha value is -3.06. The van der Waals surface area contributed by atoms with Crippen molar-refractivity contribution in [2.24, 2.45) is 11.8 Å². The number of nitrogens with zero attached hydrogens (tertiary/aromatic N) is 1. The first-order valence-electron chi connectivity index (χ1n) is 11.6. The molecule has 1 aliphatic rings. The monoisotopic (exact) mass is 453 g/mol. The highest BCUT2D eigenvalue weighted by atomic mass is 16.5. The number of H-pyrrole nitrogens is 1. The zero-order valence-electron chi connectivity index (χ0n) is 20.2. The fourth-order valence-corrected chi connectivity index (χ4v) is 4.19. The summed E-state index contributed by atoms with van der Waals surface area (Å²) in [6, 6.07) is 8.26. The molecule has 1 aliphatic heterocycles. The van der Waals surface area contributed by atoms with Gasteiger partial charge in [0.1, 0.15) is 11.7 Å². The number of carbonyl (C=O) groups excluding carboxylic acids is 3. The van der Waals surface area contributed by atoms with Gasteiger partial charge in [-0.25, -0.2) is 4.98 Å². The van der Waals surface area contributed by atoms with Gasteiger partial charge < -0.3 is 14.5 Å². The molecule has 2 heterocycles. The fraction of sp³-hybridized carbons (Fsp3) is 0.462. The third-order valence-corrected chi connectivity index (χ3v) is 5.87. The van der Waals surface area contributed by atoms with E-state index in [1.807, 2.05) is 33.2 Å². The highest BCUT2D eigenvalue weighted by Crippen LogP contribution is 2.38. The molecule has 1 fully saturated rings. The Kier molecular flexibility index (Phi) is 7.97. The summed E-state index contributed by atoms with van der Waals surface area (Å²) in [6.07, 6.45) is 4.27. The molecule has 1 amide bonds. The van der Waals surface area contributed by atoms with Gasteiger partial charge in [0.15, 0.2) is 18.2 Å². The number of aryl methyl sites for hydroxylation is 1. The van der Waals surface area contributed by atoms with Gasteiger partial charge in [0.05, 0.1) is 33.3 Å². The minimum atomic E-state index is -1.07. The van der Waals surface area contributed by atoms with Crippen molar-refractivity contribution in [2.45, 2.75) is 33.2 Å². The molecule has 0 bridgehead atoms.